The van der Waals surface area contributed by atoms with Gasteiger partial charge in [0.2, 0.25) is 0 Å². The predicted octanol–water partition coefficient (Wildman–Crippen LogP) is 4.88. The van der Waals surface area contributed by atoms with Gasteiger partial charge in [-0.3, -0.25) is 0 Å². The van der Waals surface area contributed by atoms with E-state index in [1.165, 1.54) is 24.3 Å². The number of alkyl halides is 3. The molecule has 0 aliphatic carbocycles. The van der Waals surface area contributed by atoms with Crippen molar-refractivity contribution in [1.29, 1.82) is 0 Å². The van der Waals surface area contributed by atoms with Crippen LogP contribution in [0, 0.1) is 5.82 Å². The Morgan fingerprint density at radius 3 is 2.19 bits per heavy atom. The van der Waals surface area contributed by atoms with Crippen LogP contribution in [-0.4, -0.2) is 5.11 Å². The lowest BCUT2D eigenvalue weighted by molar-refractivity contribution is -0.137. The Bertz CT molecular complexity index is 623. The van der Waals surface area contributed by atoms with Gasteiger partial charge in [-0.05, 0) is 51.3 Å². The first-order valence-corrected chi connectivity index (χ1v) is 6.86. The Kier molecular flexibility index (Phi) is 4.68. The molecule has 0 saturated heterocycles. The van der Waals surface area contributed by atoms with E-state index in [2.05, 4.69) is 15.9 Å². The molecule has 1 atom stereocenters. The zero-order valence-electron chi connectivity index (χ0n) is 10.7. The summed E-state index contributed by atoms with van der Waals surface area (Å²) in [5.41, 5.74) is 0.171. The second-order valence-corrected chi connectivity index (χ2v) is 5.44. The molecule has 0 amide bonds. The van der Waals surface area contributed by atoms with Crippen LogP contribution in [0.4, 0.5) is 17.6 Å². The van der Waals surface area contributed by atoms with Crippen LogP contribution in [0.5, 0.6) is 0 Å². The average molecular weight is 363 g/mol. The minimum Gasteiger partial charge on any atom is -0.388 e. The summed E-state index contributed by atoms with van der Waals surface area (Å²) in [5, 5.41) is 10.0. The highest BCUT2D eigenvalue weighted by Crippen LogP contribution is 2.30. The van der Waals surface area contributed by atoms with Crippen LogP contribution in [0.2, 0.25) is 0 Å². The second-order valence-electron chi connectivity index (χ2n) is 4.59. The number of halogens is 5. The van der Waals surface area contributed by atoms with E-state index in [9.17, 15) is 22.7 Å². The van der Waals surface area contributed by atoms with Crippen molar-refractivity contribution in [2.24, 2.45) is 0 Å². The first kappa shape index (κ1) is 16.0. The lowest BCUT2D eigenvalue weighted by Crippen LogP contribution is -2.06. The van der Waals surface area contributed by atoms with E-state index in [1.54, 1.807) is 6.07 Å². The molecule has 21 heavy (non-hydrogen) atoms. The van der Waals surface area contributed by atoms with Crippen molar-refractivity contribution in [3.05, 3.63) is 69.4 Å². The molecule has 2 rings (SSSR count). The van der Waals surface area contributed by atoms with Crippen LogP contribution in [0.15, 0.2) is 46.9 Å². The summed E-state index contributed by atoms with van der Waals surface area (Å²) in [7, 11) is 0. The Morgan fingerprint density at radius 1 is 1.05 bits per heavy atom. The van der Waals surface area contributed by atoms with Crippen LogP contribution < -0.4 is 0 Å². The van der Waals surface area contributed by atoms with Gasteiger partial charge in [-0.2, -0.15) is 13.2 Å². The monoisotopic (exact) mass is 362 g/mol. The molecule has 2 aromatic rings. The number of benzene rings is 2. The topological polar surface area (TPSA) is 20.2 Å². The lowest BCUT2D eigenvalue weighted by Gasteiger charge is -2.13. The third-order valence-corrected chi connectivity index (χ3v) is 3.68. The predicted molar refractivity (Wildman–Crippen MR) is 74.2 cm³/mol. The molecule has 0 aliphatic rings. The zero-order valence-corrected chi connectivity index (χ0v) is 12.2. The van der Waals surface area contributed by atoms with Crippen LogP contribution in [-0.2, 0) is 12.6 Å². The third kappa shape index (κ3) is 4.04. The molecule has 2 aromatic carbocycles. The van der Waals surface area contributed by atoms with E-state index in [1.807, 2.05) is 0 Å². The second kappa shape index (κ2) is 6.15. The minimum absolute atomic E-state index is 0.110. The summed E-state index contributed by atoms with van der Waals surface area (Å²) in [6.07, 6.45) is -5.25. The molecular weight excluding hydrogens is 352 g/mol. The van der Waals surface area contributed by atoms with Gasteiger partial charge in [-0.15, -0.1) is 0 Å². The molecule has 0 saturated carbocycles. The Balaban J connectivity index is 2.12. The van der Waals surface area contributed by atoms with Gasteiger partial charge in [0.05, 0.1) is 16.1 Å². The molecule has 6 heteroatoms. The van der Waals surface area contributed by atoms with Gasteiger partial charge in [0, 0.05) is 6.42 Å². The van der Waals surface area contributed by atoms with Crippen LogP contribution in [0.25, 0.3) is 0 Å². The average Bonchev–Trinajstić information content (AvgIpc) is 2.41. The third-order valence-electron chi connectivity index (χ3n) is 3.04. The highest BCUT2D eigenvalue weighted by molar-refractivity contribution is 9.10. The van der Waals surface area contributed by atoms with Crippen LogP contribution in [0.1, 0.15) is 22.8 Å². The highest BCUT2D eigenvalue weighted by atomic mass is 79.9. The van der Waals surface area contributed by atoms with Gasteiger partial charge in [-0.1, -0.05) is 18.2 Å². The van der Waals surface area contributed by atoms with E-state index in [4.69, 9.17) is 0 Å². The van der Waals surface area contributed by atoms with Crippen molar-refractivity contribution >= 4 is 15.9 Å². The highest BCUT2D eigenvalue weighted by Gasteiger charge is 2.29. The molecule has 1 unspecified atom stereocenters. The summed E-state index contributed by atoms with van der Waals surface area (Å²) in [6, 6.07) is 8.76. The molecular formula is C15H11BrF4O. The van der Waals surface area contributed by atoms with E-state index in [0.717, 1.165) is 12.1 Å². The van der Waals surface area contributed by atoms with E-state index in [0.29, 0.717) is 11.1 Å². The molecule has 0 aliphatic heterocycles. The van der Waals surface area contributed by atoms with E-state index in [-0.39, 0.29) is 10.9 Å². The molecule has 0 radical (unpaired) electrons. The van der Waals surface area contributed by atoms with Crippen molar-refractivity contribution < 1.29 is 22.7 Å². The number of aliphatic hydroxyl groups excluding tert-OH is 1. The first-order chi connectivity index (χ1) is 9.77. The zero-order chi connectivity index (χ0) is 15.6. The fourth-order valence-corrected chi connectivity index (χ4v) is 2.14. The maximum atomic E-state index is 13.4. The van der Waals surface area contributed by atoms with Crippen molar-refractivity contribution in [3.8, 4) is 0 Å². The minimum atomic E-state index is -4.38. The van der Waals surface area contributed by atoms with Crippen molar-refractivity contribution in [1.82, 2.24) is 0 Å². The van der Waals surface area contributed by atoms with E-state index >= 15 is 0 Å². The van der Waals surface area contributed by atoms with Gasteiger partial charge >= 0.3 is 6.18 Å². The Labute approximate surface area is 127 Å². The Morgan fingerprint density at radius 2 is 1.67 bits per heavy atom. The maximum absolute atomic E-state index is 13.4. The summed E-state index contributed by atoms with van der Waals surface area (Å²) < 4.78 is 51.0. The quantitative estimate of drug-likeness (QED) is 0.771. The Hall–Kier alpha value is -1.40. The fourth-order valence-electron chi connectivity index (χ4n) is 1.89. The lowest BCUT2D eigenvalue weighted by atomic mass is 10.0. The molecule has 1 nitrogen and oxygen atoms in total. The summed E-state index contributed by atoms with van der Waals surface area (Å²) in [5.74, 6) is -0.501. The molecule has 112 valence electrons. The van der Waals surface area contributed by atoms with Crippen molar-refractivity contribution in [2.75, 3.05) is 0 Å². The molecule has 0 aromatic heterocycles. The number of hydrogen-bond donors (Lipinski definition) is 1. The van der Waals surface area contributed by atoms with Gasteiger partial charge in [0.25, 0.3) is 0 Å². The van der Waals surface area contributed by atoms with Crippen LogP contribution in [0.3, 0.4) is 0 Å². The summed E-state index contributed by atoms with van der Waals surface area (Å²) in [6.45, 7) is 0. The summed E-state index contributed by atoms with van der Waals surface area (Å²) >= 11 is 3.01. The van der Waals surface area contributed by atoms with Gasteiger partial charge in [0.15, 0.2) is 0 Å². The van der Waals surface area contributed by atoms with E-state index < -0.39 is 23.7 Å². The van der Waals surface area contributed by atoms with Gasteiger partial charge < -0.3 is 5.11 Å². The fraction of sp³-hybridized carbons (Fsp3) is 0.200. The van der Waals surface area contributed by atoms with Gasteiger partial charge in [-0.25, -0.2) is 4.39 Å². The van der Waals surface area contributed by atoms with Gasteiger partial charge in [0.1, 0.15) is 5.82 Å². The molecule has 0 spiro atoms. The van der Waals surface area contributed by atoms with Crippen molar-refractivity contribution in [3.63, 3.8) is 0 Å². The largest absolute Gasteiger partial charge is 0.416 e. The molecule has 0 heterocycles. The number of aliphatic hydroxyl groups is 1. The van der Waals surface area contributed by atoms with Crippen LogP contribution >= 0.6 is 15.9 Å². The van der Waals surface area contributed by atoms with Crippen molar-refractivity contribution in [2.45, 2.75) is 18.7 Å². The number of hydrogen-bond acceptors (Lipinski definition) is 1. The molecule has 1 N–H and O–H groups in total. The standard InChI is InChI=1S/C15H11BrF4O/c16-12-6-3-10(8-13(12)17)14(21)7-9-1-4-11(5-2-9)15(18,19)20/h1-6,8,14,21H,7H2. The maximum Gasteiger partial charge on any atom is 0.416 e. The first-order valence-electron chi connectivity index (χ1n) is 6.06. The number of rotatable bonds is 3. The molecule has 0 bridgehead atoms. The normalized spacial score (nSPS) is 13.2. The smallest absolute Gasteiger partial charge is 0.388 e. The SMILES string of the molecule is OC(Cc1ccc(C(F)(F)F)cc1)c1ccc(Br)c(F)c1. The summed E-state index contributed by atoms with van der Waals surface area (Å²) in [4.78, 5) is 0. The molecule has 0 fully saturated rings.